The van der Waals surface area contributed by atoms with Gasteiger partial charge in [0.1, 0.15) is 0 Å². The molecule has 0 aromatic carbocycles. The second-order valence-corrected chi connectivity index (χ2v) is 1.99. The fourth-order valence-corrected chi connectivity index (χ4v) is 0.719. The maximum Gasteiger partial charge on any atom is 0.00459 e. The Labute approximate surface area is 48.6 Å². The van der Waals surface area contributed by atoms with Crippen LogP contribution in [0.2, 0.25) is 0 Å². The van der Waals surface area contributed by atoms with E-state index in [1.807, 2.05) is 18.2 Å². The molecular formula is C6H6S. The van der Waals surface area contributed by atoms with Crippen molar-refractivity contribution in [2.75, 3.05) is 0 Å². The summed E-state index contributed by atoms with van der Waals surface area (Å²) < 4.78 is 0. The maximum atomic E-state index is 4.07. The van der Waals surface area contributed by atoms with E-state index in [9.17, 15) is 0 Å². The first-order valence-electron chi connectivity index (χ1n) is 2.07. The Kier molecular flexibility index (Phi) is 1.07. The summed E-state index contributed by atoms with van der Waals surface area (Å²) in [5.74, 6) is 0. The van der Waals surface area contributed by atoms with E-state index in [1.54, 1.807) is 0 Å². The molecule has 1 aliphatic rings. The highest BCUT2D eigenvalue weighted by Crippen LogP contribution is 2.14. The van der Waals surface area contributed by atoms with Gasteiger partial charge in [-0.05, 0) is 17.7 Å². The molecule has 0 saturated carbocycles. The average Bonchev–Trinajstić information content (AvgIpc) is 1.87. The highest BCUT2D eigenvalue weighted by atomic mass is 32.1. The zero-order valence-electron chi connectivity index (χ0n) is 3.89. The average molecular weight is 110 g/mol. The summed E-state index contributed by atoms with van der Waals surface area (Å²) in [6.45, 7) is 3.69. The molecule has 0 heterocycles. The van der Waals surface area contributed by atoms with Gasteiger partial charge < -0.3 is 0 Å². The van der Waals surface area contributed by atoms with Gasteiger partial charge in [0.2, 0.25) is 0 Å². The zero-order chi connectivity index (χ0) is 5.28. The molecule has 1 rings (SSSR count). The lowest BCUT2D eigenvalue weighted by molar-refractivity contribution is 1.85. The lowest BCUT2D eigenvalue weighted by Crippen LogP contribution is -1.53. The van der Waals surface area contributed by atoms with Crippen molar-refractivity contribution in [1.29, 1.82) is 0 Å². The van der Waals surface area contributed by atoms with Gasteiger partial charge in [0, 0.05) is 4.91 Å². The van der Waals surface area contributed by atoms with Gasteiger partial charge in [-0.3, -0.25) is 0 Å². The first-order chi connectivity index (χ1) is 3.29. The minimum absolute atomic E-state index is 0.991. The minimum Gasteiger partial charge on any atom is -0.143 e. The predicted octanol–water partition coefficient (Wildman–Crippen LogP) is 1.93. The smallest absolute Gasteiger partial charge is 0.00459 e. The molecule has 0 unspecified atom stereocenters. The van der Waals surface area contributed by atoms with E-state index in [0.717, 1.165) is 10.5 Å². The van der Waals surface area contributed by atoms with E-state index in [4.69, 9.17) is 0 Å². The standard InChI is InChI=1S/C6H6S/c1-5-2-3-6(7)4-5/h2-4,7H,1H2. The number of rotatable bonds is 0. The highest BCUT2D eigenvalue weighted by Gasteiger charge is 1.91. The van der Waals surface area contributed by atoms with E-state index in [0.29, 0.717) is 0 Å². The van der Waals surface area contributed by atoms with E-state index < -0.39 is 0 Å². The molecule has 0 bridgehead atoms. The van der Waals surface area contributed by atoms with Crippen molar-refractivity contribution in [2.45, 2.75) is 0 Å². The van der Waals surface area contributed by atoms with Crippen molar-refractivity contribution in [3.63, 3.8) is 0 Å². The highest BCUT2D eigenvalue weighted by molar-refractivity contribution is 7.84. The predicted molar refractivity (Wildman–Crippen MR) is 35.3 cm³/mol. The molecule has 0 aromatic heterocycles. The maximum absolute atomic E-state index is 4.07. The van der Waals surface area contributed by atoms with Crippen LogP contribution in [0.15, 0.2) is 35.3 Å². The van der Waals surface area contributed by atoms with Gasteiger partial charge >= 0.3 is 0 Å². The number of allylic oxidation sites excluding steroid dienone is 4. The quantitative estimate of drug-likeness (QED) is 0.452. The van der Waals surface area contributed by atoms with Crippen LogP contribution in [0.1, 0.15) is 0 Å². The summed E-state index contributed by atoms with van der Waals surface area (Å²) in [6, 6.07) is 0. The fourth-order valence-electron chi connectivity index (χ4n) is 0.479. The third-order valence-electron chi connectivity index (χ3n) is 0.801. The van der Waals surface area contributed by atoms with Crippen LogP contribution in [0.5, 0.6) is 0 Å². The van der Waals surface area contributed by atoms with Crippen LogP contribution >= 0.6 is 12.6 Å². The molecule has 0 N–H and O–H groups in total. The summed E-state index contributed by atoms with van der Waals surface area (Å²) in [5, 5.41) is 0. The molecule has 0 aliphatic heterocycles. The normalized spacial score (nSPS) is 17.9. The van der Waals surface area contributed by atoms with E-state index in [-0.39, 0.29) is 0 Å². The molecule has 0 atom stereocenters. The third-order valence-corrected chi connectivity index (χ3v) is 1.08. The largest absolute Gasteiger partial charge is 0.143 e. The van der Waals surface area contributed by atoms with Crippen LogP contribution in [-0.2, 0) is 0 Å². The summed E-state index contributed by atoms with van der Waals surface area (Å²) in [7, 11) is 0. The minimum atomic E-state index is 0.991. The fraction of sp³-hybridized carbons (Fsp3) is 0. The van der Waals surface area contributed by atoms with Crippen LogP contribution in [-0.4, -0.2) is 0 Å². The number of thiol groups is 1. The summed E-state index contributed by atoms with van der Waals surface area (Å²) in [5.41, 5.74) is 1.03. The van der Waals surface area contributed by atoms with Crippen molar-refractivity contribution >= 4 is 12.6 Å². The Balaban J connectivity index is 2.88. The van der Waals surface area contributed by atoms with Crippen molar-refractivity contribution in [1.82, 2.24) is 0 Å². The van der Waals surface area contributed by atoms with Crippen LogP contribution in [0.3, 0.4) is 0 Å². The van der Waals surface area contributed by atoms with Gasteiger partial charge in [0.05, 0.1) is 0 Å². The summed E-state index contributed by atoms with van der Waals surface area (Å²) in [6.07, 6.45) is 5.77. The van der Waals surface area contributed by atoms with Gasteiger partial charge in [-0.25, -0.2) is 0 Å². The second kappa shape index (κ2) is 1.58. The third kappa shape index (κ3) is 0.967. The molecular weight excluding hydrogens is 104 g/mol. The Morgan fingerprint density at radius 3 is 2.29 bits per heavy atom. The molecule has 0 fully saturated rings. The van der Waals surface area contributed by atoms with Crippen molar-refractivity contribution < 1.29 is 0 Å². The van der Waals surface area contributed by atoms with E-state index in [2.05, 4.69) is 19.2 Å². The van der Waals surface area contributed by atoms with Crippen molar-refractivity contribution in [2.24, 2.45) is 0 Å². The van der Waals surface area contributed by atoms with Crippen LogP contribution in [0.25, 0.3) is 0 Å². The number of hydrogen-bond acceptors (Lipinski definition) is 1. The van der Waals surface area contributed by atoms with Crippen molar-refractivity contribution in [3.05, 3.63) is 35.3 Å². The SMILES string of the molecule is C=C1C=CC(S)=C1. The van der Waals surface area contributed by atoms with Gasteiger partial charge in [-0.15, -0.1) is 12.6 Å². The monoisotopic (exact) mass is 110 g/mol. The molecule has 1 aliphatic carbocycles. The Morgan fingerprint density at radius 2 is 2.14 bits per heavy atom. The Hall–Kier alpha value is -0.430. The Bertz CT molecular complexity index is 152. The lowest BCUT2D eigenvalue weighted by Gasteiger charge is -1.75. The van der Waals surface area contributed by atoms with E-state index in [1.165, 1.54) is 0 Å². The molecule has 7 heavy (non-hydrogen) atoms. The summed E-state index contributed by atoms with van der Waals surface area (Å²) in [4.78, 5) is 0.991. The van der Waals surface area contributed by atoms with Gasteiger partial charge in [-0.2, -0.15) is 0 Å². The lowest BCUT2D eigenvalue weighted by atomic mass is 10.4. The molecule has 36 valence electrons. The molecule has 0 spiro atoms. The Morgan fingerprint density at radius 1 is 1.43 bits per heavy atom. The van der Waals surface area contributed by atoms with Crippen LogP contribution < -0.4 is 0 Å². The molecule has 0 amide bonds. The van der Waals surface area contributed by atoms with Crippen LogP contribution in [0.4, 0.5) is 0 Å². The molecule has 0 saturated heterocycles. The van der Waals surface area contributed by atoms with Gasteiger partial charge in [-0.1, -0.05) is 12.7 Å². The number of hydrogen-bond donors (Lipinski definition) is 1. The second-order valence-electron chi connectivity index (χ2n) is 1.48. The molecule has 1 heteroatoms. The molecule has 0 nitrogen and oxygen atoms in total. The van der Waals surface area contributed by atoms with Gasteiger partial charge in [0.15, 0.2) is 0 Å². The molecule has 0 radical (unpaired) electrons. The van der Waals surface area contributed by atoms with Crippen LogP contribution in [0, 0.1) is 0 Å². The molecule has 0 aromatic rings. The summed E-state index contributed by atoms with van der Waals surface area (Å²) >= 11 is 4.07. The first-order valence-corrected chi connectivity index (χ1v) is 2.51. The first kappa shape index (κ1) is 4.72. The van der Waals surface area contributed by atoms with Crippen molar-refractivity contribution in [3.8, 4) is 0 Å². The van der Waals surface area contributed by atoms with Gasteiger partial charge in [0.25, 0.3) is 0 Å². The van der Waals surface area contributed by atoms with E-state index >= 15 is 0 Å². The zero-order valence-corrected chi connectivity index (χ0v) is 4.78. The topological polar surface area (TPSA) is 0 Å².